The number of aromatic nitrogens is 4. The van der Waals surface area contributed by atoms with E-state index in [-0.39, 0.29) is 49.7 Å². The van der Waals surface area contributed by atoms with Crippen LogP contribution < -0.4 is 10.5 Å². The molecule has 2 aromatic rings. The van der Waals surface area contributed by atoms with Gasteiger partial charge in [-0.05, 0) is 25.7 Å². The van der Waals surface area contributed by atoms with Crippen LogP contribution in [-0.4, -0.2) is 64.0 Å². The molecule has 3 rings (SSSR count). The maximum absolute atomic E-state index is 13.2. The Morgan fingerprint density at radius 2 is 1.89 bits per heavy atom. The first-order chi connectivity index (χ1) is 18.2. The van der Waals surface area contributed by atoms with Crippen molar-refractivity contribution < 1.29 is 41.9 Å². The van der Waals surface area contributed by atoms with Crippen molar-refractivity contribution in [2.75, 3.05) is 32.2 Å². The smallest absolute Gasteiger partial charge is 0.463 e. The van der Waals surface area contributed by atoms with Gasteiger partial charge in [0.25, 0.3) is 5.88 Å². The molecule has 3 heterocycles. The highest BCUT2D eigenvalue weighted by Gasteiger charge is 2.33. The zero-order chi connectivity index (χ0) is 27.5. The summed E-state index contributed by atoms with van der Waals surface area (Å²) < 4.78 is 47.6. The van der Waals surface area contributed by atoms with Crippen LogP contribution in [0.3, 0.4) is 0 Å². The minimum atomic E-state index is -3.91. The fraction of sp³-hybridized carbons (Fsp3) is 0.696. The molecule has 212 valence electrons. The maximum Gasteiger partial charge on any atom is 0.474 e. The summed E-state index contributed by atoms with van der Waals surface area (Å²) in [5.74, 6) is -1.02. The van der Waals surface area contributed by atoms with Crippen LogP contribution in [0.2, 0.25) is 0 Å². The fourth-order valence-electron chi connectivity index (χ4n) is 3.73. The van der Waals surface area contributed by atoms with Crippen LogP contribution >= 0.6 is 7.82 Å². The molecule has 1 unspecified atom stereocenters. The molecule has 0 aromatic carbocycles. The molecule has 0 radical (unpaired) electrons. The van der Waals surface area contributed by atoms with Crippen molar-refractivity contribution in [2.24, 2.45) is 0 Å². The molecule has 3 atom stereocenters. The van der Waals surface area contributed by atoms with Crippen LogP contribution in [0.15, 0.2) is 6.33 Å². The summed E-state index contributed by atoms with van der Waals surface area (Å²) in [6.45, 7) is 5.16. The van der Waals surface area contributed by atoms with Gasteiger partial charge in [0.1, 0.15) is 12.8 Å². The first kappa shape index (κ1) is 29.9. The highest BCUT2D eigenvalue weighted by atomic mass is 31.2. The number of carbonyl (C=O) groups excluding carboxylic acids is 2. The van der Waals surface area contributed by atoms with Crippen molar-refractivity contribution in [1.29, 1.82) is 0 Å². The molecule has 1 aliphatic heterocycles. The number of hydrogen-bond acceptors (Lipinski definition) is 13. The van der Waals surface area contributed by atoms with E-state index in [0.717, 1.165) is 12.8 Å². The minimum absolute atomic E-state index is 0.0321. The maximum atomic E-state index is 13.2. The minimum Gasteiger partial charge on any atom is -0.463 e. The monoisotopic (exact) mass is 557 g/mol. The first-order valence-corrected chi connectivity index (χ1v) is 14.2. The number of phosphoric acid groups is 1. The second-order valence-corrected chi connectivity index (χ2v) is 10.4. The lowest BCUT2D eigenvalue weighted by Crippen LogP contribution is -2.18. The number of imidazole rings is 1. The SMILES string of the molecule is CCCCCOP(=O)(OCCOC(=O)CCC)OC[C@@H]1CC[C@H](n2cnc3c(OC(C)=O)nc(N)nc32)O1. The lowest BCUT2D eigenvalue weighted by atomic mass is 10.2. The third kappa shape index (κ3) is 8.70. The van der Waals surface area contributed by atoms with Crippen molar-refractivity contribution in [3.8, 4) is 5.88 Å². The lowest BCUT2D eigenvalue weighted by Gasteiger charge is -2.20. The molecule has 2 N–H and O–H groups in total. The van der Waals surface area contributed by atoms with Gasteiger partial charge in [0.15, 0.2) is 11.2 Å². The van der Waals surface area contributed by atoms with E-state index in [1.807, 2.05) is 13.8 Å². The molecule has 0 aliphatic carbocycles. The van der Waals surface area contributed by atoms with Gasteiger partial charge >= 0.3 is 19.8 Å². The number of rotatable bonds is 16. The Morgan fingerprint density at radius 3 is 2.63 bits per heavy atom. The van der Waals surface area contributed by atoms with E-state index in [1.54, 1.807) is 4.57 Å². The van der Waals surface area contributed by atoms with Crippen LogP contribution in [0, 0.1) is 0 Å². The molecular formula is C23H36N5O9P. The van der Waals surface area contributed by atoms with Crippen molar-refractivity contribution in [3.63, 3.8) is 0 Å². The van der Waals surface area contributed by atoms with E-state index in [0.29, 0.717) is 37.8 Å². The summed E-state index contributed by atoms with van der Waals surface area (Å²) in [4.78, 5) is 35.4. The lowest BCUT2D eigenvalue weighted by molar-refractivity contribution is -0.144. The molecule has 0 spiro atoms. The van der Waals surface area contributed by atoms with Gasteiger partial charge in [-0.15, -0.1) is 0 Å². The highest BCUT2D eigenvalue weighted by Crippen LogP contribution is 2.50. The molecule has 1 fully saturated rings. The van der Waals surface area contributed by atoms with E-state index in [9.17, 15) is 14.2 Å². The number of carbonyl (C=O) groups is 2. The van der Waals surface area contributed by atoms with Gasteiger partial charge in [0.2, 0.25) is 5.95 Å². The van der Waals surface area contributed by atoms with Crippen LogP contribution in [0.25, 0.3) is 11.2 Å². The first-order valence-electron chi connectivity index (χ1n) is 12.8. The molecular weight excluding hydrogens is 521 g/mol. The van der Waals surface area contributed by atoms with E-state index < -0.39 is 26.1 Å². The fourth-order valence-corrected chi connectivity index (χ4v) is 4.96. The topological polar surface area (TPSA) is 176 Å². The Kier molecular flexibility index (Phi) is 11.4. The van der Waals surface area contributed by atoms with Gasteiger partial charge in [0, 0.05) is 13.3 Å². The molecule has 15 heteroatoms. The molecule has 0 bridgehead atoms. The van der Waals surface area contributed by atoms with Gasteiger partial charge in [-0.25, -0.2) is 9.55 Å². The summed E-state index contributed by atoms with van der Waals surface area (Å²) in [6.07, 6.45) is 5.37. The van der Waals surface area contributed by atoms with E-state index in [1.165, 1.54) is 13.3 Å². The largest absolute Gasteiger partial charge is 0.474 e. The number of unbranched alkanes of at least 4 members (excludes halogenated alkanes) is 2. The van der Waals surface area contributed by atoms with Crippen molar-refractivity contribution in [1.82, 2.24) is 19.5 Å². The van der Waals surface area contributed by atoms with Gasteiger partial charge in [-0.1, -0.05) is 26.7 Å². The second-order valence-electron chi connectivity index (χ2n) is 8.68. The van der Waals surface area contributed by atoms with Crippen molar-refractivity contribution in [2.45, 2.75) is 78.0 Å². The number of phosphoric ester groups is 1. The molecule has 2 aromatic heterocycles. The Morgan fingerprint density at radius 1 is 1.11 bits per heavy atom. The van der Waals surface area contributed by atoms with E-state index in [2.05, 4.69) is 15.0 Å². The summed E-state index contributed by atoms with van der Waals surface area (Å²) in [7, 11) is -3.91. The third-order valence-electron chi connectivity index (χ3n) is 5.51. The molecule has 1 aliphatic rings. The Hall–Kier alpha value is -2.64. The molecule has 14 nitrogen and oxygen atoms in total. The quantitative estimate of drug-likeness (QED) is 0.180. The molecule has 1 saturated heterocycles. The number of nitrogens with two attached hydrogens (primary N) is 1. The Bertz CT molecular complexity index is 1130. The summed E-state index contributed by atoms with van der Waals surface area (Å²) >= 11 is 0. The standard InChI is InChI=1S/C23H36N5O9P/c1-4-6-7-11-33-38(31,34-13-12-32-19(30)8-5-2)35-14-17-9-10-18(37-17)28-15-25-20-21(28)26-23(24)27-22(20)36-16(3)29/h15,17-18H,4-14H2,1-3H3,(H2,24,26,27)/t17-,18+,38?/m0/s1. The Labute approximate surface area is 221 Å². The number of anilines is 1. The number of fused-ring (bicyclic) bond motifs is 1. The molecule has 38 heavy (non-hydrogen) atoms. The predicted octanol–water partition coefficient (Wildman–Crippen LogP) is 3.70. The third-order valence-corrected chi connectivity index (χ3v) is 6.97. The summed E-state index contributed by atoms with van der Waals surface area (Å²) in [5, 5.41) is 0. The molecule has 0 amide bonds. The average Bonchev–Trinajstić information content (AvgIpc) is 3.50. The zero-order valence-electron chi connectivity index (χ0n) is 22.0. The number of ether oxygens (including phenoxy) is 3. The Balaban J connectivity index is 1.59. The number of hydrogen-bond donors (Lipinski definition) is 1. The zero-order valence-corrected chi connectivity index (χ0v) is 22.9. The van der Waals surface area contributed by atoms with Gasteiger partial charge in [-0.3, -0.25) is 27.7 Å². The number of esters is 2. The average molecular weight is 558 g/mol. The predicted molar refractivity (Wildman–Crippen MR) is 135 cm³/mol. The molecule has 0 saturated carbocycles. The highest BCUT2D eigenvalue weighted by molar-refractivity contribution is 7.48. The number of nitrogens with zero attached hydrogens (tertiary/aromatic N) is 4. The van der Waals surface area contributed by atoms with Gasteiger partial charge in [-0.2, -0.15) is 9.97 Å². The van der Waals surface area contributed by atoms with Gasteiger partial charge < -0.3 is 19.9 Å². The summed E-state index contributed by atoms with van der Waals surface area (Å²) in [6, 6.07) is 0. The van der Waals surface area contributed by atoms with Crippen molar-refractivity contribution in [3.05, 3.63) is 6.33 Å². The van der Waals surface area contributed by atoms with Crippen LogP contribution in [0.4, 0.5) is 5.95 Å². The normalized spacial score (nSPS) is 18.9. The van der Waals surface area contributed by atoms with Crippen LogP contribution in [-0.2, 0) is 37.2 Å². The van der Waals surface area contributed by atoms with Gasteiger partial charge in [0.05, 0.1) is 32.3 Å². The second kappa shape index (κ2) is 14.5. The van der Waals surface area contributed by atoms with Crippen LogP contribution in [0.1, 0.15) is 71.9 Å². The van der Waals surface area contributed by atoms with E-state index in [4.69, 9.17) is 33.5 Å². The van der Waals surface area contributed by atoms with Crippen LogP contribution in [0.5, 0.6) is 5.88 Å². The van der Waals surface area contributed by atoms with Crippen molar-refractivity contribution >= 4 is 36.9 Å². The number of nitrogen functional groups attached to an aromatic ring is 1. The van der Waals surface area contributed by atoms with E-state index >= 15 is 0 Å². The summed E-state index contributed by atoms with van der Waals surface area (Å²) in [5.41, 5.74) is 6.42.